The molecular formula is C29H31FN4O5S. The first kappa shape index (κ1) is 28.8. The molecule has 1 amide bonds. The van der Waals surface area contributed by atoms with Gasteiger partial charge in [0.25, 0.3) is 5.91 Å². The van der Waals surface area contributed by atoms with Gasteiger partial charge < -0.3 is 20.3 Å². The highest BCUT2D eigenvalue weighted by molar-refractivity contribution is 7.92. The minimum Gasteiger partial charge on any atom is -0.469 e. The number of carbonyl (C=O) groups is 2. The number of fused-ring (bicyclic) bond motifs is 1. The summed E-state index contributed by atoms with van der Waals surface area (Å²) in [6.45, 7) is 0.828. The van der Waals surface area contributed by atoms with Crippen LogP contribution in [-0.4, -0.2) is 65.7 Å². The lowest BCUT2D eigenvalue weighted by Crippen LogP contribution is -2.35. The average molecular weight is 567 g/mol. The minimum atomic E-state index is -3.51. The van der Waals surface area contributed by atoms with E-state index in [1.165, 1.54) is 29.6 Å². The van der Waals surface area contributed by atoms with Gasteiger partial charge in [0.05, 0.1) is 42.4 Å². The zero-order chi connectivity index (χ0) is 29.0. The van der Waals surface area contributed by atoms with Gasteiger partial charge in [0.15, 0.2) is 0 Å². The second-order valence-corrected chi connectivity index (χ2v) is 11.6. The Bertz CT molecular complexity index is 1570. The van der Waals surface area contributed by atoms with Gasteiger partial charge in [0.2, 0.25) is 10.0 Å². The van der Waals surface area contributed by atoms with Crippen molar-refractivity contribution in [3.63, 3.8) is 0 Å². The van der Waals surface area contributed by atoms with Crippen LogP contribution in [0, 0.1) is 5.82 Å². The quantitative estimate of drug-likeness (QED) is 0.284. The number of sulfonamides is 1. The van der Waals surface area contributed by atoms with Crippen molar-refractivity contribution >= 4 is 50.2 Å². The molecule has 3 aromatic rings. The average Bonchev–Trinajstić information content (AvgIpc) is 3.21. The van der Waals surface area contributed by atoms with Crippen LogP contribution in [0.15, 0.2) is 66.7 Å². The Labute approximate surface area is 233 Å². The SMILES string of the molecule is COC(=O)Cc1cccc(C(Nc2ccc(N(CCN(C)C)S(C)(=O)=O)cc2)=C2C(=O)Nc3cc(F)ccc32)c1. The monoisotopic (exact) mass is 566 g/mol. The highest BCUT2D eigenvalue weighted by Crippen LogP contribution is 2.38. The molecule has 0 bridgehead atoms. The number of ether oxygens (including phenoxy) is 1. The number of halogens is 1. The first-order valence-corrected chi connectivity index (χ1v) is 14.3. The third-order valence-corrected chi connectivity index (χ3v) is 7.54. The standard InChI is InChI=1S/C29H31FN4O5S/c1-33(2)14-15-34(40(4,37)38)23-11-9-22(10-12-23)31-28(20-7-5-6-19(16-20)17-26(35)39-3)27-24-13-8-21(30)18-25(24)32-29(27)36/h5-13,16,18,31H,14-15,17H2,1-4H3,(H,32,36). The van der Waals surface area contributed by atoms with Gasteiger partial charge in [0.1, 0.15) is 5.82 Å². The summed E-state index contributed by atoms with van der Waals surface area (Å²) in [6.07, 6.45) is 1.21. The summed E-state index contributed by atoms with van der Waals surface area (Å²) in [5, 5.41) is 6.02. The van der Waals surface area contributed by atoms with Crippen molar-refractivity contribution in [1.82, 2.24) is 4.90 Å². The van der Waals surface area contributed by atoms with Gasteiger partial charge in [-0.3, -0.25) is 13.9 Å². The minimum absolute atomic E-state index is 0.0456. The summed E-state index contributed by atoms with van der Waals surface area (Å²) < 4.78 is 44.9. The van der Waals surface area contributed by atoms with Gasteiger partial charge in [-0.1, -0.05) is 18.2 Å². The Hall–Kier alpha value is -4.22. The lowest BCUT2D eigenvalue weighted by atomic mass is 9.98. The lowest BCUT2D eigenvalue weighted by molar-refractivity contribution is -0.139. The Morgan fingerprint density at radius 2 is 1.75 bits per heavy atom. The molecule has 3 aromatic carbocycles. The third-order valence-electron chi connectivity index (χ3n) is 6.34. The first-order chi connectivity index (χ1) is 19.0. The van der Waals surface area contributed by atoms with E-state index in [0.717, 1.165) is 6.26 Å². The van der Waals surface area contributed by atoms with Gasteiger partial charge in [-0.05, 0) is 73.8 Å². The van der Waals surface area contributed by atoms with E-state index >= 15 is 0 Å². The molecule has 0 radical (unpaired) electrons. The van der Waals surface area contributed by atoms with E-state index in [0.29, 0.717) is 51.6 Å². The molecule has 0 aliphatic carbocycles. The van der Waals surface area contributed by atoms with Crippen LogP contribution in [0.25, 0.3) is 11.3 Å². The summed E-state index contributed by atoms with van der Waals surface area (Å²) in [5.41, 5.74) is 4.02. The fourth-order valence-corrected chi connectivity index (χ4v) is 5.30. The van der Waals surface area contributed by atoms with E-state index in [2.05, 4.69) is 10.6 Å². The predicted octanol–water partition coefficient (Wildman–Crippen LogP) is 3.80. The van der Waals surface area contributed by atoms with E-state index < -0.39 is 27.7 Å². The van der Waals surface area contributed by atoms with Crippen LogP contribution in [-0.2, 0) is 30.8 Å². The number of hydrogen-bond donors (Lipinski definition) is 2. The first-order valence-electron chi connectivity index (χ1n) is 12.5. The van der Waals surface area contributed by atoms with Crippen molar-refractivity contribution in [3.05, 3.63) is 89.2 Å². The molecule has 9 nitrogen and oxygen atoms in total. The number of methoxy groups -OCH3 is 1. The van der Waals surface area contributed by atoms with Gasteiger partial charge >= 0.3 is 5.97 Å². The van der Waals surface area contributed by atoms with Gasteiger partial charge in [-0.15, -0.1) is 0 Å². The van der Waals surface area contributed by atoms with Crippen LogP contribution < -0.4 is 14.9 Å². The summed E-state index contributed by atoms with van der Waals surface area (Å²) >= 11 is 0. The zero-order valence-corrected chi connectivity index (χ0v) is 23.5. The predicted molar refractivity (Wildman–Crippen MR) is 155 cm³/mol. The lowest BCUT2D eigenvalue weighted by Gasteiger charge is -2.24. The maximum atomic E-state index is 13.9. The molecule has 210 valence electrons. The van der Waals surface area contributed by atoms with Crippen molar-refractivity contribution in [1.29, 1.82) is 0 Å². The number of hydrogen-bond acceptors (Lipinski definition) is 7. The second-order valence-electron chi connectivity index (χ2n) is 9.66. The molecule has 1 aliphatic heterocycles. The Morgan fingerprint density at radius 1 is 1.02 bits per heavy atom. The molecule has 4 rings (SSSR count). The molecule has 1 heterocycles. The Balaban J connectivity index is 1.77. The summed E-state index contributed by atoms with van der Waals surface area (Å²) in [7, 11) is 1.54. The maximum Gasteiger partial charge on any atom is 0.309 e. The number of carbonyl (C=O) groups excluding carboxylic acids is 2. The number of likely N-dealkylation sites (N-methyl/N-ethyl adjacent to an activating group) is 1. The number of esters is 1. The molecule has 0 saturated heterocycles. The van der Waals surface area contributed by atoms with Crippen LogP contribution in [0.3, 0.4) is 0 Å². The van der Waals surface area contributed by atoms with Gasteiger partial charge in [-0.2, -0.15) is 0 Å². The summed E-state index contributed by atoms with van der Waals surface area (Å²) in [5.74, 6) is -1.29. The molecule has 0 aromatic heterocycles. The van der Waals surface area contributed by atoms with Crippen LogP contribution in [0.1, 0.15) is 16.7 Å². The number of benzene rings is 3. The molecular weight excluding hydrogens is 535 g/mol. The number of amides is 1. The fourth-order valence-electron chi connectivity index (χ4n) is 4.38. The Morgan fingerprint density at radius 3 is 2.40 bits per heavy atom. The van der Waals surface area contributed by atoms with Crippen molar-refractivity contribution in [2.24, 2.45) is 0 Å². The number of nitrogens with zero attached hydrogens (tertiary/aromatic N) is 2. The largest absolute Gasteiger partial charge is 0.469 e. The van der Waals surface area contributed by atoms with Gasteiger partial charge in [-0.25, -0.2) is 12.8 Å². The molecule has 1 aliphatic rings. The number of anilines is 3. The van der Waals surface area contributed by atoms with E-state index in [1.54, 1.807) is 48.5 Å². The van der Waals surface area contributed by atoms with Crippen molar-refractivity contribution in [2.45, 2.75) is 6.42 Å². The van der Waals surface area contributed by atoms with Crippen LogP contribution >= 0.6 is 0 Å². The van der Waals surface area contributed by atoms with E-state index in [-0.39, 0.29) is 13.0 Å². The van der Waals surface area contributed by atoms with Crippen LogP contribution in [0.4, 0.5) is 21.5 Å². The molecule has 0 unspecified atom stereocenters. The molecule has 0 saturated carbocycles. The number of rotatable bonds is 10. The fraction of sp³-hybridized carbons (Fsp3) is 0.241. The molecule has 11 heteroatoms. The second kappa shape index (κ2) is 11.9. The van der Waals surface area contributed by atoms with Crippen LogP contribution in [0.2, 0.25) is 0 Å². The molecule has 0 spiro atoms. The van der Waals surface area contributed by atoms with E-state index in [1.807, 2.05) is 19.0 Å². The molecule has 0 fully saturated rings. The van der Waals surface area contributed by atoms with E-state index in [9.17, 15) is 22.4 Å². The summed E-state index contributed by atoms with van der Waals surface area (Å²) in [6, 6.07) is 18.0. The normalized spacial score (nSPS) is 14.0. The van der Waals surface area contributed by atoms with Crippen molar-refractivity contribution in [2.75, 3.05) is 55.5 Å². The van der Waals surface area contributed by atoms with Crippen molar-refractivity contribution < 1.29 is 27.1 Å². The molecule has 0 atom stereocenters. The molecule has 2 N–H and O–H groups in total. The molecule has 40 heavy (non-hydrogen) atoms. The zero-order valence-electron chi connectivity index (χ0n) is 22.7. The highest BCUT2D eigenvalue weighted by Gasteiger charge is 2.29. The highest BCUT2D eigenvalue weighted by atomic mass is 32.2. The topological polar surface area (TPSA) is 108 Å². The van der Waals surface area contributed by atoms with Crippen molar-refractivity contribution in [3.8, 4) is 0 Å². The third kappa shape index (κ3) is 6.67. The summed E-state index contributed by atoms with van der Waals surface area (Å²) in [4.78, 5) is 27.0. The van der Waals surface area contributed by atoms with E-state index in [4.69, 9.17) is 4.74 Å². The number of nitrogens with one attached hydrogen (secondary N) is 2. The van der Waals surface area contributed by atoms with Crippen LogP contribution in [0.5, 0.6) is 0 Å². The van der Waals surface area contributed by atoms with Gasteiger partial charge in [0, 0.05) is 24.3 Å². The smallest absolute Gasteiger partial charge is 0.309 e. The maximum absolute atomic E-state index is 13.9. The Kier molecular flexibility index (Phi) is 8.55.